The third-order valence-corrected chi connectivity index (χ3v) is 4.71. The normalized spacial score (nSPS) is 19.5. The van der Waals surface area contributed by atoms with E-state index in [1.807, 2.05) is 0 Å². The van der Waals surface area contributed by atoms with Crippen LogP contribution in [-0.2, 0) is 16.4 Å². The fourth-order valence-corrected chi connectivity index (χ4v) is 2.68. The summed E-state index contributed by atoms with van der Waals surface area (Å²) in [5.41, 5.74) is 5.33. The van der Waals surface area contributed by atoms with Gasteiger partial charge in [-0.15, -0.1) is 5.10 Å². The molecule has 14 heavy (non-hydrogen) atoms. The maximum Gasteiger partial charge on any atom is 0.239 e. The van der Waals surface area contributed by atoms with E-state index in [1.165, 1.54) is 17.3 Å². The van der Waals surface area contributed by atoms with Crippen LogP contribution in [0.4, 0.5) is 5.95 Å². The summed E-state index contributed by atoms with van der Waals surface area (Å²) in [6.45, 7) is 0.357. The summed E-state index contributed by atoms with van der Waals surface area (Å²) in [6.07, 6.45) is 4.12. The number of anilines is 1. The molecule has 2 rings (SSSR count). The molecule has 0 aliphatic heterocycles. The van der Waals surface area contributed by atoms with E-state index in [2.05, 4.69) is 10.1 Å². The highest BCUT2D eigenvalue weighted by Gasteiger charge is 2.52. The van der Waals surface area contributed by atoms with Crippen molar-refractivity contribution in [1.82, 2.24) is 14.8 Å². The Bertz CT molecular complexity index is 446. The number of nitrogens with zero attached hydrogens (tertiary/aromatic N) is 3. The molecule has 7 heteroatoms. The van der Waals surface area contributed by atoms with Crippen molar-refractivity contribution in [1.29, 1.82) is 0 Å². The van der Waals surface area contributed by atoms with Crippen molar-refractivity contribution in [3.05, 3.63) is 6.33 Å². The zero-order chi connectivity index (χ0) is 10.4. The molecule has 1 fully saturated rings. The lowest BCUT2D eigenvalue weighted by Gasteiger charge is -2.11. The van der Waals surface area contributed by atoms with Gasteiger partial charge >= 0.3 is 0 Å². The number of nitrogen functional groups attached to an aromatic ring is 1. The summed E-state index contributed by atoms with van der Waals surface area (Å²) in [4.78, 5) is 3.75. The molecule has 1 aliphatic rings. The average Bonchev–Trinajstić information content (AvgIpc) is 2.71. The Morgan fingerprint density at radius 3 is 2.64 bits per heavy atom. The van der Waals surface area contributed by atoms with Crippen LogP contribution in [0.1, 0.15) is 12.8 Å². The minimum Gasteiger partial charge on any atom is -0.367 e. The molecule has 2 N–H and O–H groups in total. The second-order valence-electron chi connectivity index (χ2n) is 3.76. The lowest BCUT2D eigenvalue weighted by molar-refractivity contribution is 0.533. The Balaban J connectivity index is 2.20. The molecule has 0 spiro atoms. The summed E-state index contributed by atoms with van der Waals surface area (Å²) >= 11 is 0. The van der Waals surface area contributed by atoms with E-state index >= 15 is 0 Å². The third kappa shape index (κ3) is 1.47. The first-order chi connectivity index (χ1) is 6.43. The summed E-state index contributed by atoms with van der Waals surface area (Å²) in [7, 11) is -3.01. The molecule has 1 saturated carbocycles. The van der Waals surface area contributed by atoms with Gasteiger partial charge in [0.2, 0.25) is 5.95 Å². The van der Waals surface area contributed by atoms with Crippen LogP contribution in [-0.4, -0.2) is 34.2 Å². The molecule has 0 aromatic carbocycles. The van der Waals surface area contributed by atoms with Crippen LogP contribution in [0.15, 0.2) is 6.33 Å². The predicted octanol–water partition coefficient (Wildman–Crippen LogP) is -0.563. The highest BCUT2D eigenvalue weighted by Crippen LogP contribution is 2.44. The Morgan fingerprint density at radius 2 is 2.29 bits per heavy atom. The van der Waals surface area contributed by atoms with E-state index < -0.39 is 14.6 Å². The number of nitrogens with two attached hydrogens (primary N) is 1. The maximum absolute atomic E-state index is 11.4. The number of sulfone groups is 1. The molecule has 1 aliphatic carbocycles. The van der Waals surface area contributed by atoms with Gasteiger partial charge in [0.05, 0.1) is 11.3 Å². The van der Waals surface area contributed by atoms with Gasteiger partial charge in [0.25, 0.3) is 0 Å². The molecule has 0 saturated heterocycles. The SMILES string of the molecule is CS(=O)(=O)C1(Cn2cnc(N)n2)CC1. The Morgan fingerprint density at radius 1 is 1.64 bits per heavy atom. The van der Waals surface area contributed by atoms with Gasteiger partial charge in [-0.3, -0.25) is 0 Å². The van der Waals surface area contributed by atoms with Gasteiger partial charge in [0.15, 0.2) is 9.84 Å². The number of aromatic nitrogens is 3. The highest BCUT2D eigenvalue weighted by molar-refractivity contribution is 7.92. The fourth-order valence-electron chi connectivity index (χ4n) is 1.47. The van der Waals surface area contributed by atoms with Crippen molar-refractivity contribution in [2.45, 2.75) is 24.1 Å². The van der Waals surface area contributed by atoms with Crippen LogP contribution >= 0.6 is 0 Å². The Kier molecular flexibility index (Phi) is 1.82. The minimum atomic E-state index is -3.01. The fraction of sp³-hybridized carbons (Fsp3) is 0.714. The maximum atomic E-state index is 11.4. The third-order valence-electron chi connectivity index (χ3n) is 2.60. The molecule has 0 bridgehead atoms. The van der Waals surface area contributed by atoms with Crippen molar-refractivity contribution in [2.24, 2.45) is 0 Å². The zero-order valence-corrected chi connectivity index (χ0v) is 8.66. The Hall–Kier alpha value is -1.11. The summed E-state index contributed by atoms with van der Waals surface area (Å²) < 4.78 is 23.7. The van der Waals surface area contributed by atoms with Crippen LogP contribution in [0.5, 0.6) is 0 Å². The standard InChI is InChI=1S/C7H12N4O2S/c1-14(12,13)7(2-3-7)4-11-5-9-6(8)10-11/h5H,2-4H2,1H3,(H2,8,10). The van der Waals surface area contributed by atoms with Crippen molar-refractivity contribution < 1.29 is 8.42 Å². The van der Waals surface area contributed by atoms with Crippen molar-refractivity contribution in [3.63, 3.8) is 0 Å². The lowest BCUT2D eigenvalue weighted by Crippen LogP contribution is -2.27. The van der Waals surface area contributed by atoms with Gasteiger partial charge in [0, 0.05) is 6.26 Å². The second kappa shape index (κ2) is 2.69. The zero-order valence-electron chi connectivity index (χ0n) is 7.84. The number of rotatable bonds is 3. The van der Waals surface area contributed by atoms with Crippen molar-refractivity contribution >= 4 is 15.8 Å². The summed E-state index contributed by atoms with van der Waals surface area (Å²) in [5.74, 6) is 0.175. The van der Waals surface area contributed by atoms with Gasteiger partial charge in [0.1, 0.15) is 6.33 Å². The Labute approximate surface area is 82.0 Å². The second-order valence-corrected chi connectivity index (χ2v) is 6.17. The largest absolute Gasteiger partial charge is 0.367 e. The molecule has 0 radical (unpaired) electrons. The first-order valence-corrected chi connectivity index (χ1v) is 6.17. The van der Waals surface area contributed by atoms with Crippen LogP contribution < -0.4 is 5.73 Å². The number of hydrogen-bond acceptors (Lipinski definition) is 5. The highest BCUT2D eigenvalue weighted by atomic mass is 32.2. The molecule has 0 atom stereocenters. The van der Waals surface area contributed by atoms with E-state index in [4.69, 9.17) is 5.73 Å². The molecular weight excluding hydrogens is 204 g/mol. The van der Waals surface area contributed by atoms with E-state index in [0.717, 1.165) is 0 Å². The average molecular weight is 216 g/mol. The van der Waals surface area contributed by atoms with Crippen molar-refractivity contribution in [2.75, 3.05) is 12.0 Å². The van der Waals surface area contributed by atoms with Crippen LogP contribution in [0.3, 0.4) is 0 Å². The molecule has 0 unspecified atom stereocenters. The molecular formula is C7H12N4O2S. The minimum absolute atomic E-state index is 0.175. The topological polar surface area (TPSA) is 90.9 Å². The van der Waals surface area contributed by atoms with E-state index in [9.17, 15) is 8.42 Å². The molecule has 1 aromatic heterocycles. The van der Waals surface area contributed by atoms with Gasteiger partial charge in [-0.25, -0.2) is 18.1 Å². The van der Waals surface area contributed by atoms with Gasteiger partial charge in [-0.05, 0) is 12.8 Å². The molecule has 78 valence electrons. The smallest absolute Gasteiger partial charge is 0.239 e. The van der Waals surface area contributed by atoms with Crippen molar-refractivity contribution in [3.8, 4) is 0 Å². The van der Waals surface area contributed by atoms with E-state index in [0.29, 0.717) is 19.4 Å². The first-order valence-electron chi connectivity index (χ1n) is 4.27. The molecule has 0 amide bonds. The van der Waals surface area contributed by atoms with Gasteiger partial charge in [-0.2, -0.15) is 0 Å². The van der Waals surface area contributed by atoms with Crippen LogP contribution in [0, 0.1) is 0 Å². The predicted molar refractivity (Wildman–Crippen MR) is 51.2 cm³/mol. The molecule has 1 aromatic rings. The van der Waals surface area contributed by atoms with Crippen LogP contribution in [0.25, 0.3) is 0 Å². The summed E-state index contributed by atoms with van der Waals surface area (Å²) in [5, 5.41) is 3.87. The van der Waals surface area contributed by atoms with Crippen LogP contribution in [0.2, 0.25) is 0 Å². The van der Waals surface area contributed by atoms with Gasteiger partial charge in [-0.1, -0.05) is 0 Å². The summed E-state index contributed by atoms with van der Waals surface area (Å²) in [6, 6.07) is 0. The van der Waals surface area contributed by atoms with Gasteiger partial charge < -0.3 is 5.73 Å². The quantitative estimate of drug-likeness (QED) is 0.731. The first kappa shape index (κ1) is 9.45. The van der Waals surface area contributed by atoms with E-state index in [-0.39, 0.29) is 5.95 Å². The van der Waals surface area contributed by atoms with E-state index in [1.54, 1.807) is 0 Å². The number of hydrogen-bond donors (Lipinski definition) is 1. The molecule has 6 nitrogen and oxygen atoms in total. The monoisotopic (exact) mass is 216 g/mol. The molecule has 1 heterocycles. The lowest BCUT2D eigenvalue weighted by atomic mass is 10.4.